The Labute approximate surface area is 210 Å². The number of carbonyl (C=O) groups excluding carboxylic acids is 1. The summed E-state index contributed by atoms with van der Waals surface area (Å²) in [7, 11) is 1.52. The van der Waals surface area contributed by atoms with Gasteiger partial charge in [-0.05, 0) is 67.4 Å². The Hall–Kier alpha value is -2.37. The van der Waals surface area contributed by atoms with Crippen molar-refractivity contribution < 1.29 is 32.6 Å². The summed E-state index contributed by atoms with van der Waals surface area (Å²) < 4.78 is 41.9. The second-order valence-electron chi connectivity index (χ2n) is 8.51. The summed E-state index contributed by atoms with van der Waals surface area (Å²) in [6.07, 6.45) is 0.543. The maximum Gasteiger partial charge on any atom is 0.446 e. The number of benzene rings is 2. The van der Waals surface area contributed by atoms with E-state index < -0.39 is 22.3 Å². The molecule has 2 atom stereocenters. The van der Waals surface area contributed by atoms with E-state index in [1.807, 2.05) is 24.3 Å². The molecule has 2 unspecified atom stereocenters. The molecule has 2 aromatic carbocycles. The SMILES string of the molecule is COCCN(C(=O)Nc1ccc(SC(F)(F)F)cc1)C1Cc2ccccc2C1SC(C)(C)C(=O)O. The van der Waals surface area contributed by atoms with Crippen molar-refractivity contribution in [1.82, 2.24) is 4.90 Å². The lowest BCUT2D eigenvalue weighted by Gasteiger charge is -2.35. The number of ether oxygens (including phenoxy) is 1. The van der Waals surface area contributed by atoms with Crippen LogP contribution in [0.3, 0.4) is 0 Å². The molecule has 2 aromatic rings. The van der Waals surface area contributed by atoms with Gasteiger partial charge in [0.05, 0.1) is 17.9 Å². The number of carboxylic acid groups (broad SMARTS) is 1. The number of hydrogen-bond donors (Lipinski definition) is 2. The first-order valence-corrected chi connectivity index (χ1v) is 12.5. The van der Waals surface area contributed by atoms with Crippen LogP contribution in [0.1, 0.15) is 30.2 Å². The van der Waals surface area contributed by atoms with Crippen LogP contribution in [0.2, 0.25) is 0 Å². The molecule has 0 aromatic heterocycles. The molecular weight excluding hydrogens is 501 g/mol. The van der Waals surface area contributed by atoms with Crippen LogP contribution < -0.4 is 5.32 Å². The Balaban J connectivity index is 1.85. The van der Waals surface area contributed by atoms with Gasteiger partial charge in [-0.1, -0.05) is 24.3 Å². The van der Waals surface area contributed by atoms with E-state index in [1.54, 1.807) is 18.7 Å². The molecule has 2 N–H and O–H groups in total. The highest BCUT2D eigenvalue weighted by molar-refractivity contribution is 8.01. The van der Waals surface area contributed by atoms with Gasteiger partial charge in [0.25, 0.3) is 0 Å². The fraction of sp³-hybridized carbons (Fsp3) is 0.417. The van der Waals surface area contributed by atoms with E-state index in [0.717, 1.165) is 11.1 Å². The number of urea groups is 1. The van der Waals surface area contributed by atoms with E-state index in [9.17, 15) is 27.9 Å². The van der Waals surface area contributed by atoms with Crippen LogP contribution in [0.15, 0.2) is 53.4 Å². The van der Waals surface area contributed by atoms with Gasteiger partial charge in [0, 0.05) is 24.2 Å². The third kappa shape index (κ3) is 7.08. The van der Waals surface area contributed by atoms with E-state index in [1.165, 1.54) is 43.1 Å². The van der Waals surface area contributed by atoms with Gasteiger partial charge in [0.1, 0.15) is 4.75 Å². The van der Waals surface area contributed by atoms with Crippen molar-refractivity contribution >= 4 is 41.2 Å². The third-order valence-electron chi connectivity index (χ3n) is 5.61. The maximum atomic E-state index is 13.4. The number of carboxylic acids is 1. The second kappa shape index (κ2) is 11.1. The molecule has 1 aliphatic carbocycles. The Morgan fingerprint density at radius 3 is 2.40 bits per heavy atom. The number of thioether (sulfide) groups is 2. The van der Waals surface area contributed by atoms with Crippen molar-refractivity contribution in [1.29, 1.82) is 0 Å². The summed E-state index contributed by atoms with van der Waals surface area (Å²) in [5.74, 6) is -0.949. The number of alkyl halides is 3. The second-order valence-corrected chi connectivity index (χ2v) is 11.4. The molecule has 0 radical (unpaired) electrons. The van der Waals surface area contributed by atoms with Crippen molar-refractivity contribution in [3.63, 3.8) is 0 Å². The minimum atomic E-state index is -4.39. The average Bonchev–Trinajstić information content (AvgIpc) is 3.12. The number of nitrogens with zero attached hydrogens (tertiary/aromatic N) is 1. The van der Waals surface area contributed by atoms with Crippen LogP contribution in [-0.2, 0) is 16.0 Å². The van der Waals surface area contributed by atoms with Crippen LogP contribution in [0, 0.1) is 0 Å². The molecule has 2 amide bonds. The lowest BCUT2D eigenvalue weighted by Crippen LogP contribution is -2.47. The first kappa shape index (κ1) is 27.2. The Kier molecular flexibility index (Phi) is 8.66. The predicted molar refractivity (Wildman–Crippen MR) is 132 cm³/mol. The first-order chi connectivity index (χ1) is 16.4. The summed E-state index contributed by atoms with van der Waals surface area (Å²) >= 11 is 1.07. The van der Waals surface area contributed by atoms with Gasteiger partial charge in [-0.3, -0.25) is 4.79 Å². The Bertz CT molecular complexity index is 1050. The van der Waals surface area contributed by atoms with Gasteiger partial charge in [0.15, 0.2) is 0 Å². The average molecular weight is 529 g/mol. The summed E-state index contributed by atoms with van der Waals surface area (Å²) in [5.41, 5.74) is -2.01. The fourth-order valence-corrected chi connectivity index (χ4v) is 5.90. The van der Waals surface area contributed by atoms with Crippen molar-refractivity contribution in [3.8, 4) is 0 Å². The summed E-state index contributed by atoms with van der Waals surface area (Å²) in [5, 5.41) is 12.2. The van der Waals surface area contributed by atoms with E-state index in [0.29, 0.717) is 12.1 Å². The van der Waals surface area contributed by atoms with Crippen molar-refractivity contribution in [3.05, 3.63) is 59.7 Å². The van der Waals surface area contributed by atoms with Crippen molar-refractivity contribution in [2.75, 3.05) is 25.6 Å². The summed E-state index contributed by atoms with van der Waals surface area (Å²) in [6.45, 7) is 3.80. The van der Waals surface area contributed by atoms with Gasteiger partial charge >= 0.3 is 17.5 Å². The van der Waals surface area contributed by atoms with Gasteiger partial charge < -0.3 is 20.1 Å². The Morgan fingerprint density at radius 2 is 1.80 bits per heavy atom. The number of anilines is 1. The number of amides is 2. The zero-order valence-electron chi connectivity index (χ0n) is 19.5. The quantitative estimate of drug-likeness (QED) is 0.387. The summed E-state index contributed by atoms with van der Waals surface area (Å²) in [4.78, 5) is 26.9. The van der Waals surface area contributed by atoms with Crippen molar-refractivity contribution in [2.24, 2.45) is 0 Å². The molecule has 35 heavy (non-hydrogen) atoms. The highest BCUT2D eigenvalue weighted by atomic mass is 32.2. The maximum absolute atomic E-state index is 13.4. The molecule has 0 bridgehead atoms. The molecule has 0 fully saturated rings. The molecule has 0 aliphatic heterocycles. The number of carbonyl (C=O) groups is 2. The predicted octanol–water partition coefficient (Wildman–Crippen LogP) is 6.04. The fourth-order valence-electron chi connectivity index (χ4n) is 3.86. The van der Waals surface area contributed by atoms with E-state index in [-0.39, 0.29) is 41.1 Å². The van der Waals surface area contributed by atoms with Crippen LogP contribution in [0.25, 0.3) is 0 Å². The molecule has 0 saturated carbocycles. The Morgan fingerprint density at radius 1 is 1.14 bits per heavy atom. The van der Waals surface area contributed by atoms with E-state index in [4.69, 9.17) is 4.74 Å². The minimum absolute atomic E-state index is 0.0188. The van der Waals surface area contributed by atoms with Gasteiger partial charge in [0.2, 0.25) is 0 Å². The monoisotopic (exact) mass is 528 g/mol. The largest absolute Gasteiger partial charge is 0.480 e. The zero-order chi connectivity index (χ0) is 25.8. The van der Waals surface area contributed by atoms with Gasteiger partial charge in [-0.15, -0.1) is 11.8 Å². The smallest absolute Gasteiger partial charge is 0.446 e. The molecular formula is C24H27F3N2O4S2. The lowest BCUT2D eigenvalue weighted by molar-refractivity contribution is -0.138. The minimum Gasteiger partial charge on any atom is -0.480 e. The molecule has 11 heteroatoms. The molecule has 6 nitrogen and oxygen atoms in total. The van der Waals surface area contributed by atoms with Gasteiger partial charge in [-0.2, -0.15) is 13.2 Å². The number of rotatable bonds is 9. The van der Waals surface area contributed by atoms with E-state index in [2.05, 4.69) is 5.32 Å². The third-order valence-corrected chi connectivity index (χ3v) is 7.94. The number of halogens is 3. The highest BCUT2D eigenvalue weighted by Gasteiger charge is 2.43. The first-order valence-electron chi connectivity index (χ1n) is 10.8. The molecule has 0 saturated heterocycles. The zero-order valence-corrected chi connectivity index (χ0v) is 21.1. The molecule has 3 rings (SSSR count). The number of hydrogen-bond acceptors (Lipinski definition) is 5. The van der Waals surface area contributed by atoms with Gasteiger partial charge in [-0.25, -0.2) is 4.79 Å². The number of aliphatic carboxylic acids is 1. The molecule has 190 valence electrons. The molecule has 0 heterocycles. The summed E-state index contributed by atoms with van der Waals surface area (Å²) in [6, 6.07) is 12.4. The lowest BCUT2D eigenvalue weighted by atomic mass is 10.1. The number of fused-ring (bicyclic) bond motifs is 1. The molecule has 0 spiro atoms. The van der Waals surface area contributed by atoms with Crippen molar-refractivity contribution in [2.45, 2.75) is 46.7 Å². The highest BCUT2D eigenvalue weighted by Crippen LogP contribution is 2.48. The number of methoxy groups -OCH3 is 1. The van der Waals surface area contributed by atoms with Crippen LogP contribution in [0.4, 0.5) is 23.7 Å². The number of nitrogens with one attached hydrogen (secondary N) is 1. The van der Waals surface area contributed by atoms with E-state index >= 15 is 0 Å². The normalized spacial score (nSPS) is 17.7. The standard InChI is InChI=1S/C24H27F3N2O4S2/c1-23(2,21(30)31)35-20-18-7-5-4-6-15(18)14-19(20)29(12-13-33-3)22(32)28-16-8-10-17(11-9-16)34-24(25,26)27/h4-11,19-20H,12-14H2,1-3H3,(H,28,32)(H,30,31). The van der Waals surface area contributed by atoms with Crippen LogP contribution in [0.5, 0.6) is 0 Å². The topological polar surface area (TPSA) is 78.9 Å². The molecule has 1 aliphatic rings. The van der Waals surface area contributed by atoms with Crippen LogP contribution >= 0.6 is 23.5 Å². The van der Waals surface area contributed by atoms with Crippen LogP contribution in [-0.4, -0.2) is 58.6 Å².